The van der Waals surface area contributed by atoms with Crippen LogP contribution in [0.15, 0.2) is 91.0 Å². The van der Waals surface area contributed by atoms with Gasteiger partial charge in [0.25, 0.3) is 0 Å². The molecule has 35 heavy (non-hydrogen) atoms. The molecular weight excluding hydrogens is 442 g/mol. The van der Waals surface area contributed by atoms with Gasteiger partial charge in [0.1, 0.15) is 6.04 Å². The summed E-state index contributed by atoms with van der Waals surface area (Å²) >= 11 is 0. The third-order valence-electron chi connectivity index (χ3n) is 6.17. The zero-order chi connectivity index (χ0) is 25.3. The van der Waals surface area contributed by atoms with Gasteiger partial charge < -0.3 is 15.2 Å². The van der Waals surface area contributed by atoms with Crippen molar-refractivity contribution in [3.05, 3.63) is 108 Å². The predicted octanol–water partition coefficient (Wildman–Crippen LogP) is 4.57. The molecule has 0 spiro atoms. The van der Waals surface area contributed by atoms with Gasteiger partial charge in [-0.2, -0.15) is 0 Å². The van der Waals surface area contributed by atoms with E-state index >= 15 is 0 Å². The largest absolute Gasteiger partial charge is 0.480 e. The quantitative estimate of drug-likeness (QED) is 0.314. The number of benzene rings is 3. The molecule has 0 bridgehead atoms. The number of nitrogens with one attached hydrogen (secondary N) is 1. The van der Waals surface area contributed by atoms with E-state index in [1.807, 2.05) is 91.0 Å². The SMILES string of the molecule is CCOC(=O)C[C@H](C)[C@@H](NC(=O)CC(c1ccccc1)(c1ccccc1)c1ccccc1)C(=O)O. The number of hydrogen-bond acceptors (Lipinski definition) is 4. The molecule has 6 nitrogen and oxygen atoms in total. The summed E-state index contributed by atoms with van der Waals surface area (Å²) in [4.78, 5) is 37.5. The Bertz CT molecular complexity index is 1020. The Labute approximate surface area is 206 Å². The Morgan fingerprint density at radius 1 is 0.829 bits per heavy atom. The molecule has 0 fully saturated rings. The van der Waals surface area contributed by atoms with Gasteiger partial charge in [-0.1, -0.05) is 97.9 Å². The van der Waals surface area contributed by atoms with E-state index in [-0.39, 0.29) is 19.4 Å². The number of carboxylic acid groups (broad SMARTS) is 1. The smallest absolute Gasteiger partial charge is 0.326 e. The number of carbonyl (C=O) groups excluding carboxylic acids is 2. The van der Waals surface area contributed by atoms with Crippen molar-refractivity contribution >= 4 is 17.8 Å². The molecule has 3 rings (SSSR count). The highest BCUT2D eigenvalue weighted by atomic mass is 16.5. The van der Waals surface area contributed by atoms with Crippen LogP contribution in [0.3, 0.4) is 0 Å². The molecule has 0 aromatic heterocycles. The fraction of sp³-hybridized carbons (Fsp3) is 0.276. The molecule has 2 N–H and O–H groups in total. The van der Waals surface area contributed by atoms with Crippen LogP contribution in [0.4, 0.5) is 0 Å². The molecule has 0 saturated carbocycles. The Kier molecular flexibility index (Phi) is 8.79. The summed E-state index contributed by atoms with van der Waals surface area (Å²) < 4.78 is 4.96. The van der Waals surface area contributed by atoms with Gasteiger partial charge in [0, 0.05) is 6.42 Å². The normalized spacial score (nSPS) is 12.9. The second-order valence-corrected chi connectivity index (χ2v) is 8.55. The number of carboxylic acids is 1. The highest BCUT2D eigenvalue weighted by molar-refractivity contribution is 5.86. The van der Waals surface area contributed by atoms with Gasteiger partial charge in [0.15, 0.2) is 0 Å². The van der Waals surface area contributed by atoms with Gasteiger partial charge in [-0.05, 0) is 29.5 Å². The molecule has 1 amide bonds. The lowest BCUT2D eigenvalue weighted by Gasteiger charge is -2.36. The highest BCUT2D eigenvalue weighted by Crippen LogP contribution is 2.42. The molecule has 0 aliphatic heterocycles. The monoisotopic (exact) mass is 473 g/mol. The van der Waals surface area contributed by atoms with Crippen molar-refractivity contribution in [2.45, 2.75) is 38.1 Å². The van der Waals surface area contributed by atoms with Crippen LogP contribution < -0.4 is 5.32 Å². The van der Waals surface area contributed by atoms with E-state index in [4.69, 9.17) is 4.74 Å². The molecule has 0 radical (unpaired) electrons. The van der Waals surface area contributed by atoms with Crippen LogP contribution in [0, 0.1) is 5.92 Å². The predicted molar refractivity (Wildman–Crippen MR) is 134 cm³/mol. The van der Waals surface area contributed by atoms with Crippen LogP contribution >= 0.6 is 0 Å². The van der Waals surface area contributed by atoms with Crippen molar-refractivity contribution in [3.8, 4) is 0 Å². The van der Waals surface area contributed by atoms with Gasteiger partial charge in [0.05, 0.1) is 18.4 Å². The van der Waals surface area contributed by atoms with Crippen LogP contribution in [-0.4, -0.2) is 35.6 Å². The first-order chi connectivity index (χ1) is 16.9. The molecule has 6 heteroatoms. The van der Waals surface area contributed by atoms with Crippen molar-refractivity contribution in [1.29, 1.82) is 0 Å². The number of amides is 1. The van der Waals surface area contributed by atoms with E-state index in [0.717, 1.165) is 16.7 Å². The minimum absolute atomic E-state index is 0.0129. The van der Waals surface area contributed by atoms with Crippen molar-refractivity contribution in [3.63, 3.8) is 0 Å². The summed E-state index contributed by atoms with van der Waals surface area (Å²) in [6, 6.07) is 27.9. The Morgan fingerprint density at radius 3 is 1.63 bits per heavy atom. The van der Waals surface area contributed by atoms with E-state index in [1.54, 1.807) is 13.8 Å². The first-order valence-electron chi connectivity index (χ1n) is 11.7. The van der Waals surface area contributed by atoms with Crippen LogP contribution in [0.2, 0.25) is 0 Å². The molecular formula is C29H31NO5. The van der Waals surface area contributed by atoms with Gasteiger partial charge in [0.2, 0.25) is 5.91 Å². The van der Waals surface area contributed by atoms with Gasteiger partial charge >= 0.3 is 11.9 Å². The van der Waals surface area contributed by atoms with Gasteiger partial charge in [-0.25, -0.2) is 4.79 Å². The lowest BCUT2D eigenvalue weighted by atomic mass is 9.67. The highest BCUT2D eigenvalue weighted by Gasteiger charge is 2.39. The summed E-state index contributed by atoms with van der Waals surface area (Å²) in [5.74, 6) is -2.76. The molecule has 0 unspecified atom stereocenters. The lowest BCUT2D eigenvalue weighted by molar-refractivity contribution is -0.147. The number of ether oxygens (including phenoxy) is 1. The Balaban J connectivity index is 2.01. The summed E-state index contributed by atoms with van der Waals surface area (Å²) in [5, 5.41) is 12.5. The molecule has 0 aliphatic rings. The second kappa shape index (κ2) is 12.0. The zero-order valence-corrected chi connectivity index (χ0v) is 20.0. The molecule has 3 aromatic carbocycles. The summed E-state index contributed by atoms with van der Waals surface area (Å²) in [7, 11) is 0. The topological polar surface area (TPSA) is 92.7 Å². The number of hydrogen-bond donors (Lipinski definition) is 2. The third-order valence-corrected chi connectivity index (χ3v) is 6.17. The van der Waals surface area contributed by atoms with Crippen molar-refractivity contribution in [2.24, 2.45) is 5.92 Å². The second-order valence-electron chi connectivity index (χ2n) is 8.55. The minimum atomic E-state index is -1.23. The van der Waals surface area contributed by atoms with Crippen molar-refractivity contribution in [2.75, 3.05) is 6.61 Å². The molecule has 182 valence electrons. The third kappa shape index (κ3) is 6.15. The van der Waals surface area contributed by atoms with E-state index in [0.29, 0.717) is 0 Å². The fourth-order valence-electron chi connectivity index (χ4n) is 4.49. The van der Waals surface area contributed by atoms with Crippen molar-refractivity contribution < 1.29 is 24.2 Å². The van der Waals surface area contributed by atoms with Gasteiger partial charge in [-0.15, -0.1) is 0 Å². The maximum absolute atomic E-state index is 13.5. The molecule has 0 aliphatic carbocycles. The average Bonchev–Trinajstić information content (AvgIpc) is 2.87. The van der Waals surface area contributed by atoms with Crippen LogP contribution in [0.25, 0.3) is 0 Å². The first kappa shape index (κ1) is 25.7. The fourth-order valence-corrected chi connectivity index (χ4v) is 4.49. The molecule has 0 saturated heterocycles. The first-order valence-corrected chi connectivity index (χ1v) is 11.7. The average molecular weight is 474 g/mol. The van der Waals surface area contributed by atoms with E-state index < -0.39 is 35.2 Å². The number of rotatable bonds is 11. The maximum atomic E-state index is 13.5. The van der Waals surface area contributed by atoms with Crippen LogP contribution in [0.5, 0.6) is 0 Å². The maximum Gasteiger partial charge on any atom is 0.326 e. The van der Waals surface area contributed by atoms with E-state index in [9.17, 15) is 19.5 Å². The van der Waals surface area contributed by atoms with Gasteiger partial charge in [-0.3, -0.25) is 9.59 Å². The van der Waals surface area contributed by atoms with Crippen molar-refractivity contribution in [1.82, 2.24) is 5.32 Å². The van der Waals surface area contributed by atoms with E-state index in [2.05, 4.69) is 5.32 Å². The molecule has 0 heterocycles. The van der Waals surface area contributed by atoms with E-state index in [1.165, 1.54) is 0 Å². The van der Waals surface area contributed by atoms with Crippen LogP contribution in [0.1, 0.15) is 43.4 Å². The standard InChI is InChI=1S/C29H31NO5/c1-3-35-26(32)19-21(2)27(28(33)34)30-25(31)20-29(22-13-7-4-8-14-22,23-15-9-5-10-16-23)24-17-11-6-12-18-24/h4-18,21,27H,3,19-20H2,1-2H3,(H,30,31)(H,33,34)/t21-,27+/m0/s1. The number of esters is 1. The number of carbonyl (C=O) groups is 3. The number of aliphatic carboxylic acids is 1. The molecule has 3 aromatic rings. The summed E-state index contributed by atoms with van der Waals surface area (Å²) in [5.41, 5.74) is 1.90. The van der Waals surface area contributed by atoms with Crippen LogP contribution in [-0.2, 0) is 24.5 Å². The lowest BCUT2D eigenvalue weighted by Crippen LogP contribution is -2.48. The summed E-state index contributed by atoms with van der Waals surface area (Å²) in [6.07, 6.45) is -0.118. The summed E-state index contributed by atoms with van der Waals surface area (Å²) in [6.45, 7) is 3.52. The minimum Gasteiger partial charge on any atom is -0.480 e. The molecule has 2 atom stereocenters. The Morgan fingerprint density at radius 2 is 1.26 bits per heavy atom. The Hall–Kier alpha value is -3.93. The zero-order valence-electron chi connectivity index (χ0n) is 20.0.